The molecule has 6 heteroatoms. The van der Waals surface area contributed by atoms with Crippen molar-refractivity contribution in [3.63, 3.8) is 0 Å². The maximum atomic E-state index is 10.6. The van der Waals surface area contributed by atoms with Crippen molar-refractivity contribution in [2.75, 3.05) is 26.3 Å². The van der Waals surface area contributed by atoms with Crippen molar-refractivity contribution in [1.82, 2.24) is 4.90 Å². The summed E-state index contributed by atoms with van der Waals surface area (Å²) in [5.41, 5.74) is 0. The van der Waals surface area contributed by atoms with Gasteiger partial charge in [-0.25, -0.2) is 0 Å². The molecule has 1 fully saturated rings. The Bertz CT molecular complexity index is 221. The minimum atomic E-state index is -1.01. The first-order valence-corrected chi connectivity index (χ1v) is 4.85. The SMILES string of the molecule is O=C(O)CN(CC(=O)O)C1CCCOC1. The van der Waals surface area contributed by atoms with Gasteiger partial charge >= 0.3 is 11.9 Å². The molecule has 2 N–H and O–H groups in total. The van der Waals surface area contributed by atoms with Crippen molar-refractivity contribution in [2.24, 2.45) is 0 Å². The molecule has 0 aromatic carbocycles. The topological polar surface area (TPSA) is 87.1 Å². The van der Waals surface area contributed by atoms with Crippen LogP contribution in [0.4, 0.5) is 0 Å². The molecule has 0 radical (unpaired) electrons. The van der Waals surface area contributed by atoms with Gasteiger partial charge in [0.05, 0.1) is 19.7 Å². The molecule has 0 saturated carbocycles. The summed E-state index contributed by atoms with van der Waals surface area (Å²) in [5.74, 6) is -2.02. The van der Waals surface area contributed by atoms with Gasteiger partial charge in [0, 0.05) is 12.6 Å². The minimum Gasteiger partial charge on any atom is -0.480 e. The number of aliphatic carboxylic acids is 2. The first kappa shape index (κ1) is 11.9. The molecular weight excluding hydrogens is 202 g/mol. The van der Waals surface area contributed by atoms with Gasteiger partial charge in [0.2, 0.25) is 0 Å². The zero-order valence-corrected chi connectivity index (χ0v) is 8.39. The Kier molecular flexibility index (Phi) is 4.51. The van der Waals surface area contributed by atoms with Gasteiger partial charge in [-0.2, -0.15) is 0 Å². The van der Waals surface area contributed by atoms with Crippen LogP contribution in [0.25, 0.3) is 0 Å². The lowest BCUT2D eigenvalue weighted by molar-refractivity contribution is -0.144. The summed E-state index contributed by atoms with van der Waals surface area (Å²) in [5, 5.41) is 17.3. The zero-order valence-electron chi connectivity index (χ0n) is 8.39. The van der Waals surface area contributed by atoms with Gasteiger partial charge < -0.3 is 14.9 Å². The summed E-state index contributed by atoms with van der Waals surface area (Å²) >= 11 is 0. The predicted octanol–water partition coefficient (Wildman–Crippen LogP) is -0.363. The fourth-order valence-electron chi connectivity index (χ4n) is 1.67. The van der Waals surface area contributed by atoms with E-state index in [-0.39, 0.29) is 19.1 Å². The van der Waals surface area contributed by atoms with Gasteiger partial charge in [0.25, 0.3) is 0 Å². The van der Waals surface area contributed by atoms with E-state index >= 15 is 0 Å². The molecule has 0 bridgehead atoms. The first-order valence-electron chi connectivity index (χ1n) is 4.85. The lowest BCUT2D eigenvalue weighted by Crippen LogP contribution is -2.46. The van der Waals surface area contributed by atoms with E-state index in [1.165, 1.54) is 4.90 Å². The van der Waals surface area contributed by atoms with Gasteiger partial charge in [0.1, 0.15) is 0 Å². The summed E-state index contributed by atoms with van der Waals surface area (Å²) in [6.45, 7) is 0.589. The Hall–Kier alpha value is -1.14. The highest BCUT2D eigenvalue weighted by molar-refractivity contribution is 5.72. The third kappa shape index (κ3) is 4.26. The largest absolute Gasteiger partial charge is 0.480 e. The summed E-state index contributed by atoms with van der Waals surface area (Å²) < 4.78 is 5.20. The van der Waals surface area contributed by atoms with E-state index in [4.69, 9.17) is 14.9 Å². The molecule has 86 valence electrons. The van der Waals surface area contributed by atoms with Crippen molar-refractivity contribution >= 4 is 11.9 Å². The number of nitrogens with zero attached hydrogens (tertiary/aromatic N) is 1. The van der Waals surface area contributed by atoms with Crippen LogP contribution in [0.3, 0.4) is 0 Å². The van der Waals surface area contributed by atoms with E-state index in [1.54, 1.807) is 0 Å². The Balaban J connectivity index is 2.52. The normalized spacial score (nSPS) is 21.5. The van der Waals surface area contributed by atoms with Crippen LogP contribution in [0.15, 0.2) is 0 Å². The quantitative estimate of drug-likeness (QED) is 0.653. The van der Waals surface area contributed by atoms with Crippen molar-refractivity contribution < 1.29 is 24.5 Å². The van der Waals surface area contributed by atoms with Gasteiger partial charge in [0.15, 0.2) is 0 Å². The molecule has 1 rings (SSSR count). The highest BCUT2D eigenvalue weighted by atomic mass is 16.5. The molecule has 0 aromatic rings. The molecule has 1 atom stereocenters. The van der Waals surface area contributed by atoms with E-state index in [0.29, 0.717) is 13.2 Å². The van der Waals surface area contributed by atoms with Crippen LogP contribution in [0.5, 0.6) is 0 Å². The molecular formula is C9H15NO5. The lowest BCUT2D eigenvalue weighted by Gasteiger charge is -2.31. The van der Waals surface area contributed by atoms with E-state index in [2.05, 4.69) is 0 Å². The molecule has 0 aliphatic carbocycles. The van der Waals surface area contributed by atoms with Gasteiger partial charge in [-0.1, -0.05) is 0 Å². The Labute approximate surface area is 87.4 Å². The highest BCUT2D eigenvalue weighted by Gasteiger charge is 2.25. The molecule has 1 aliphatic rings. The lowest BCUT2D eigenvalue weighted by atomic mass is 10.1. The first-order chi connectivity index (χ1) is 7.09. The second-order valence-electron chi connectivity index (χ2n) is 3.56. The number of carbonyl (C=O) groups is 2. The van der Waals surface area contributed by atoms with Crippen LogP contribution < -0.4 is 0 Å². The molecule has 15 heavy (non-hydrogen) atoms. The van der Waals surface area contributed by atoms with Crippen molar-refractivity contribution in [2.45, 2.75) is 18.9 Å². The van der Waals surface area contributed by atoms with Crippen LogP contribution in [0.2, 0.25) is 0 Å². The fraction of sp³-hybridized carbons (Fsp3) is 0.778. The maximum Gasteiger partial charge on any atom is 0.317 e. The molecule has 1 aliphatic heterocycles. The number of carboxylic acids is 2. The number of ether oxygens (including phenoxy) is 1. The van der Waals surface area contributed by atoms with Crippen LogP contribution >= 0.6 is 0 Å². The van der Waals surface area contributed by atoms with Crippen LogP contribution in [-0.4, -0.2) is 59.4 Å². The van der Waals surface area contributed by atoms with Crippen molar-refractivity contribution in [3.05, 3.63) is 0 Å². The monoisotopic (exact) mass is 217 g/mol. The van der Waals surface area contributed by atoms with E-state index in [1.807, 2.05) is 0 Å². The second-order valence-corrected chi connectivity index (χ2v) is 3.56. The zero-order chi connectivity index (χ0) is 11.3. The third-order valence-corrected chi connectivity index (χ3v) is 2.33. The summed E-state index contributed by atoms with van der Waals surface area (Å²) in [6, 6.07) is -0.0917. The number of hydrogen-bond donors (Lipinski definition) is 2. The fourth-order valence-corrected chi connectivity index (χ4v) is 1.67. The molecule has 1 heterocycles. The Morgan fingerprint density at radius 3 is 2.27 bits per heavy atom. The molecule has 6 nitrogen and oxygen atoms in total. The molecule has 1 saturated heterocycles. The van der Waals surface area contributed by atoms with Gasteiger partial charge in [-0.3, -0.25) is 14.5 Å². The predicted molar refractivity (Wildman–Crippen MR) is 50.7 cm³/mol. The standard InChI is InChI=1S/C9H15NO5/c11-8(12)4-10(5-9(13)14)7-2-1-3-15-6-7/h7H,1-6H2,(H,11,12)(H,13,14). The van der Waals surface area contributed by atoms with Gasteiger partial charge in [-0.15, -0.1) is 0 Å². The summed E-state index contributed by atoms with van der Waals surface area (Å²) in [7, 11) is 0. The second kappa shape index (κ2) is 5.67. The number of carboxylic acid groups (broad SMARTS) is 2. The van der Waals surface area contributed by atoms with Gasteiger partial charge in [-0.05, 0) is 12.8 Å². The highest BCUT2D eigenvalue weighted by Crippen LogP contribution is 2.12. The van der Waals surface area contributed by atoms with Crippen molar-refractivity contribution in [3.8, 4) is 0 Å². The smallest absolute Gasteiger partial charge is 0.317 e. The van der Waals surface area contributed by atoms with Crippen LogP contribution in [0.1, 0.15) is 12.8 Å². The maximum absolute atomic E-state index is 10.6. The van der Waals surface area contributed by atoms with E-state index in [0.717, 1.165) is 12.8 Å². The molecule has 1 unspecified atom stereocenters. The summed E-state index contributed by atoms with van der Waals surface area (Å²) in [6.07, 6.45) is 1.64. The van der Waals surface area contributed by atoms with E-state index in [9.17, 15) is 9.59 Å². The average molecular weight is 217 g/mol. The van der Waals surface area contributed by atoms with Crippen LogP contribution in [0, 0.1) is 0 Å². The number of hydrogen-bond acceptors (Lipinski definition) is 4. The Morgan fingerprint density at radius 1 is 1.27 bits per heavy atom. The molecule has 0 amide bonds. The molecule has 0 aromatic heterocycles. The Morgan fingerprint density at radius 2 is 1.87 bits per heavy atom. The average Bonchev–Trinajstić information content (AvgIpc) is 2.17. The minimum absolute atomic E-state index is 0.0917. The van der Waals surface area contributed by atoms with E-state index < -0.39 is 11.9 Å². The van der Waals surface area contributed by atoms with Crippen molar-refractivity contribution in [1.29, 1.82) is 0 Å². The number of rotatable bonds is 5. The van der Waals surface area contributed by atoms with Crippen LogP contribution in [-0.2, 0) is 14.3 Å². The summed E-state index contributed by atoms with van der Waals surface area (Å²) in [4.78, 5) is 22.6. The molecule has 0 spiro atoms. The third-order valence-electron chi connectivity index (χ3n) is 2.33.